The van der Waals surface area contributed by atoms with Gasteiger partial charge in [0, 0.05) is 0 Å². The molecule has 40 heavy (non-hydrogen) atoms. The van der Waals surface area contributed by atoms with E-state index in [0.717, 1.165) is 25.7 Å². The Labute approximate surface area is 263 Å². The van der Waals surface area contributed by atoms with Crippen molar-refractivity contribution in [1.29, 1.82) is 0 Å². The van der Waals surface area contributed by atoms with Crippen molar-refractivity contribution in [3.05, 3.63) is 148 Å². The molecular formula is C37H35Cl2Zr. The first-order valence-electron chi connectivity index (χ1n) is 14.2. The van der Waals surface area contributed by atoms with Crippen LogP contribution in [-0.2, 0) is 42.0 Å². The Bertz CT molecular complexity index is 1540. The quantitative estimate of drug-likeness (QED) is 0.291. The summed E-state index contributed by atoms with van der Waals surface area (Å²) in [5.74, 6) is 0. The summed E-state index contributed by atoms with van der Waals surface area (Å²) in [6, 6.07) is 32.3. The standard InChI is InChI=1S/C24H25.C13H10.2ClH.Zr/c1-4-16-11-12-21-19(13-16)15-23-22(21)14-17(5-2)20(6-3)24(23)18-9-7-8-10-18;1-3-7-12(8-4-1)11-13-9-5-2-6-10-13;;;/h7-9,11-15H,4-6,10H2,1-3H3;1-10H;2*1H;/q;;;;+2/p-2. The van der Waals surface area contributed by atoms with Gasteiger partial charge in [0.15, 0.2) is 0 Å². The van der Waals surface area contributed by atoms with E-state index in [9.17, 15) is 0 Å². The maximum atomic E-state index is 2.56. The smallest absolute Gasteiger partial charge is 1.00 e. The van der Waals surface area contributed by atoms with Gasteiger partial charge in [-0.3, -0.25) is 0 Å². The predicted octanol–water partition coefficient (Wildman–Crippen LogP) is 3.15. The zero-order chi connectivity index (χ0) is 26.1. The van der Waals surface area contributed by atoms with Gasteiger partial charge in [0.05, 0.1) is 0 Å². The Morgan fingerprint density at radius 2 is 1.43 bits per heavy atom. The topological polar surface area (TPSA) is 0 Å². The van der Waals surface area contributed by atoms with Crippen LogP contribution in [0, 0.1) is 0 Å². The first kappa shape index (κ1) is 30.6. The molecule has 6 rings (SSSR count). The number of benzene rings is 4. The molecule has 201 valence electrons. The van der Waals surface area contributed by atoms with Crippen LogP contribution in [0.1, 0.15) is 75.3 Å². The summed E-state index contributed by atoms with van der Waals surface area (Å²) in [6.45, 7) is 6.97. The Kier molecular flexibility index (Phi) is 10.4. The molecule has 0 fully saturated rings. The van der Waals surface area contributed by atoms with Crippen LogP contribution in [0.2, 0.25) is 0 Å². The Morgan fingerprint density at radius 1 is 0.750 bits per heavy atom. The molecule has 2 aliphatic rings. The van der Waals surface area contributed by atoms with Crippen molar-refractivity contribution in [2.45, 2.75) is 50.1 Å². The van der Waals surface area contributed by atoms with Crippen LogP contribution >= 0.6 is 0 Å². The van der Waals surface area contributed by atoms with Gasteiger partial charge < -0.3 is 24.8 Å². The molecule has 0 saturated heterocycles. The first-order valence-corrected chi connectivity index (χ1v) is 16.8. The molecule has 0 bridgehead atoms. The average molecular weight is 642 g/mol. The maximum Gasteiger partial charge on any atom is -1.00 e. The van der Waals surface area contributed by atoms with Gasteiger partial charge in [0.1, 0.15) is 0 Å². The normalized spacial score (nSPS) is 14.4. The molecule has 4 aromatic rings. The molecular weight excluding hydrogens is 607 g/mol. The molecule has 0 saturated carbocycles. The number of allylic oxidation sites excluding steroid dienone is 4. The second-order valence-corrected chi connectivity index (χ2v) is 13.7. The summed E-state index contributed by atoms with van der Waals surface area (Å²) in [5, 5.41) is 0. The monoisotopic (exact) mass is 639 g/mol. The molecule has 0 heterocycles. The minimum Gasteiger partial charge on any atom is -1.00 e. The zero-order valence-electron chi connectivity index (χ0n) is 23.5. The molecule has 3 heteroatoms. The second kappa shape index (κ2) is 13.6. The molecule has 0 aromatic heterocycles. The van der Waals surface area contributed by atoms with Crippen LogP contribution in [0.15, 0.2) is 103 Å². The number of aryl methyl sites for hydroxylation is 2. The number of halogens is 2. The fourth-order valence-electron chi connectivity index (χ4n) is 6.35. The van der Waals surface area contributed by atoms with E-state index in [1.54, 1.807) is 25.5 Å². The Hall–Kier alpha value is -2.31. The van der Waals surface area contributed by atoms with Gasteiger partial charge in [-0.2, -0.15) is 0 Å². The second-order valence-electron chi connectivity index (χ2n) is 10.3. The van der Waals surface area contributed by atoms with Gasteiger partial charge in [-0.05, 0) is 0 Å². The van der Waals surface area contributed by atoms with Crippen LogP contribution in [-0.4, -0.2) is 3.21 Å². The van der Waals surface area contributed by atoms with E-state index in [-0.39, 0.29) is 24.8 Å². The van der Waals surface area contributed by atoms with Crippen LogP contribution in [0.25, 0.3) is 16.7 Å². The molecule has 0 nitrogen and oxygen atoms in total. The van der Waals surface area contributed by atoms with E-state index < -0.39 is 22.8 Å². The molecule has 2 aliphatic carbocycles. The number of hydrogen-bond acceptors (Lipinski definition) is 0. The largest absolute Gasteiger partial charge is 1.00 e. The van der Waals surface area contributed by atoms with Gasteiger partial charge in [-0.1, -0.05) is 0 Å². The van der Waals surface area contributed by atoms with Gasteiger partial charge in [0.25, 0.3) is 0 Å². The van der Waals surface area contributed by atoms with Gasteiger partial charge in [-0.25, -0.2) is 0 Å². The Morgan fingerprint density at radius 3 is 1.98 bits per heavy atom. The Balaban J connectivity index is 0.00000185. The van der Waals surface area contributed by atoms with E-state index >= 15 is 0 Å². The molecule has 0 amide bonds. The summed E-state index contributed by atoms with van der Waals surface area (Å²) in [5.41, 5.74) is 16.7. The van der Waals surface area contributed by atoms with E-state index in [2.05, 4.69) is 124 Å². The summed E-state index contributed by atoms with van der Waals surface area (Å²) in [6.07, 6.45) is 11.3. The zero-order valence-corrected chi connectivity index (χ0v) is 27.4. The molecule has 0 N–H and O–H groups in total. The summed E-state index contributed by atoms with van der Waals surface area (Å²) < 4.78 is 2.10. The third-order valence-electron chi connectivity index (χ3n) is 8.22. The molecule has 4 aromatic carbocycles. The van der Waals surface area contributed by atoms with Gasteiger partial charge >= 0.3 is 240 Å². The fraction of sp³-hybridized carbons (Fsp3) is 0.216. The predicted molar refractivity (Wildman–Crippen MR) is 160 cm³/mol. The maximum absolute atomic E-state index is 2.56. The van der Waals surface area contributed by atoms with Crippen molar-refractivity contribution in [2.24, 2.45) is 0 Å². The minimum atomic E-state index is -1.15. The summed E-state index contributed by atoms with van der Waals surface area (Å²) in [7, 11) is 0. The summed E-state index contributed by atoms with van der Waals surface area (Å²) in [4.78, 5) is 0. The molecule has 0 radical (unpaired) electrons. The van der Waals surface area contributed by atoms with E-state index in [0.29, 0.717) is 3.63 Å². The molecule has 0 spiro atoms. The third-order valence-corrected chi connectivity index (χ3v) is 12.5. The van der Waals surface area contributed by atoms with Crippen molar-refractivity contribution >= 4 is 8.78 Å². The third kappa shape index (κ3) is 5.59. The fourth-order valence-corrected chi connectivity index (χ4v) is 10.8. The molecule has 1 unspecified atom stereocenters. The average Bonchev–Trinajstić information content (AvgIpc) is 3.62. The van der Waals surface area contributed by atoms with Gasteiger partial charge in [-0.15, -0.1) is 0 Å². The SMILES string of the molecule is CCc1ccc2c(c1)[CH]([Zr+2]=[C](c1ccccc1)c1ccccc1)c1c-2cc(CC)c(CC)c1C1=CC=CC1.[Cl-].[Cl-]. The minimum absolute atomic E-state index is 0. The van der Waals surface area contributed by atoms with Crippen molar-refractivity contribution in [1.82, 2.24) is 0 Å². The van der Waals surface area contributed by atoms with Crippen LogP contribution in [0.3, 0.4) is 0 Å². The number of hydrogen-bond donors (Lipinski definition) is 0. The van der Waals surface area contributed by atoms with Crippen molar-refractivity contribution in [2.75, 3.05) is 0 Å². The molecule has 1 atom stereocenters. The van der Waals surface area contributed by atoms with Crippen LogP contribution in [0.4, 0.5) is 0 Å². The number of fused-ring (bicyclic) bond motifs is 3. The van der Waals surface area contributed by atoms with E-state index in [1.165, 1.54) is 39.0 Å². The van der Waals surface area contributed by atoms with E-state index in [1.807, 2.05) is 0 Å². The van der Waals surface area contributed by atoms with Crippen LogP contribution < -0.4 is 24.8 Å². The van der Waals surface area contributed by atoms with Crippen molar-refractivity contribution < 1.29 is 47.6 Å². The van der Waals surface area contributed by atoms with Crippen LogP contribution in [0.5, 0.6) is 0 Å². The van der Waals surface area contributed by atoms with Crippen molar-refractivity contribution in [3.8, 4) is 11.1 Å². The first-order chi connectivity index (χ1) is 18.7. The van der Waals surface area contributed by atoms with E-state index in [4.69, 9.17) is 0 Å². The van der Waals surface area contributed by atoms with Gasteiger partial charge in [0.2, 0.25) is 0 Å². The summed E-state index contributed by atoms with van der Waals surface area (Å²) >= 11 is -1.15. The van der Waals surface area contributed by atoms with Crippen molar-refractivity contribution in [3.63, 3.8) is 0 Å². The molecule has 0 aliphatic heterocycles. The number of rotatable bonds is 7.